The molecule has 1 atom stereocenters. The summed E-state index contributed by atoms with van der Waals surface area (Å²) in [7, 11) is -3.25. The minimum atomic E-state index is -3.25. The van der Waals surface area contributed by atoms with Crippen LogP contribution in [-0.2, 0) is 14.6 Å². The predicted octanol–water partition coefficient (Wildman–Crippen LogP) is 5.56. The number of benzene rings is 2. The van der Waals surface area contributed by atoms with Gasteiger partial charge in [0.25, 0.3) is 5.91 Å². The highest BCUT2D eigenvalue weighted by molar-refractivity contribution is 7.95. The van der Waals surface area contributed by atoms with Crippen LogP contribution in [0, 0.1) is 18.3 Å². The molecular formula is C29H33N2O4S. The molecule has 6 nitrogen and oxygen atoms in total. The number of hydrogen-bond acceptors (Lipinski definition) is 4. The Balaban J connectivity index is 1.34. The maximum Gasteiger partial charge on any atom is 0.258 e. The lowest BCUT2D eigenvalue weighted by Crippen LogP contribution is -2.46. The largest absolute Gasteiger partial charge is 0.326 e. The Morgan fingerprint density at radius 1 is 1.00 bits per heavy atom. The van der Waals surface area contributed by atoms with Crippen LogP contribution in [0.3, 0.4) is 0 Å². The molecule has 0 bridgehead atoms. The van der Waals surface area contributed by atoms with Gasteiger partial charge < -0.3 is 10.2 Å². The standard InChI is InChI=1S/C29H33N2O4S/c1-29(2,3)31(25-7-5-4-6-8-25)28(33)23-13-15-24(16-14-23)30-27(32)19-21-11-17-26(18-12-21)36(34,35)20-22-9-10-22/h4-8,11-18,21-22H,9-10,19-20H2,1-3H3,(H,30,32). The number of carbonyl (C=O) groups is 2. The van der Waals surface area contributed by atoms with Crippen LogP contribution in [-0.4, -0.2) is 31.5 Å². The summed E-state index contributed by atoms with van der Waals surface area (Å²) in [6, 6.07) is 16.4. The van der Waals surface area contributed by atoms with Crippen molar-refractivity contribution in [2.45, 2.75) is 45.6 Å². The lowest BCUT2D eigenvalue weighted by atomic mass is 9.97. The van der Waals surface area contributed by atoms with Gasteiger partial charge in [0.2, 0.25) is 5.91 Å². The number of rotatable bonds is 8. The van der Waals surface area contributed by atoms with Crippen molar-refractivity contribution in [1.29, 1.82) is 0 Å². The first-order valence-electron chi connectivity index (χ1n) is 12.3. The average Bonchev–Trinajstić information content (AvgIpc) is 3.63. The SMILES string of the molecule is CC(C)(C)N(C(=O)c1ccc(NC(=O)CC2[CH]C=C(S(=O)(=O)CC3CC3)C=C2)cc1)c1ccccc1. The van der Waals surface area contributed by atoms with Crippen molar-refractivity contribution in [3.63, 3.8) is 0 Å². The van der Waals surface area contributed by atoms with E-state index in [0.29, 0.717) is 22.1 Å². The van der Waals surface area contributed by atoms with E-state index in [4.69, 9.17) is 0 Å². The van der Waals surface area contributed by atoms with Gasteiger partial charge >= 0.3 is 0 Å². The third-order valence-corrected chi connectivity index (χ3v) is 8.15. The van der Waals surface area contributed by atoms with Crippen LogP contribution in [0.25, 0.3) is 0 Å². The maximum absolute atomic E-state index is 13.3. The van der Waals surface area contributed by atoms with Gasteiger partial charge in [0, 0.05) is 28.9 Å². The van der Waals surface area contributed by atoms with Gasteiger partial charge in [-0.15, -0.1) is 0 Å². The third-order valence-electron chi connectivity index (χ3n) is 6.25. The predicted molar refractivity (Wildman–Crippen MR) is 144 cm³/mol. The Hall–Kier alpha value is -3.19. The number of nitrogens with one attached hydrogen (secondary N) is 1. The van der Waals surface area contributed by atoms with E-state index in [0.717, 1.165) is 18.5 Å². The molecule has 1 unspecified atom stereocenters. The Labute approximate surface area is 214 Å². The van der Waals surface area contributed by atoms with Gasteiger partial charge in [-0.05, 0) is 94.3 Å². The van der Waals surface area contributed by atoms with E-state index in [2.05, 4.69) is 5.32 Å². The summed E-state index contributed by atoms with van der Waals surface area (Å²) < 4.78 is 24.8. The Morgan fingerprint density at radius 3 is 2.22 bits per heavy atom. The molecule has 36 heavy (non-hydrogen) atoms. The Bertz CT molecular complexity index is 1270. The first kappa shape index (κ1) is 25.9. The maximum atomic E-state index is 13.3. The molecule has 0 aromatic heterocycles. The van der Waals surface area contributed by atoms with Crippen LogP contribution >= 0.6 is 0 Å². The van der Waals surface area contributed by atoms with E-state index >= 15 is 0 Å². The number of anilines is 2. The van der Waals surface area contributed by atoms with Crippen molar-refractivity contribution in [2.75, 3.05) is 16.0 Å². The van der Waals surface area contributed by atoms with Crippen LogP contribution in [0.1, 0.15) is 50.4 Å². The Kier molecular flexibility index (Phi) is 7.50. The second kappa shape index (κ2) is 10.4. The number of sulfone groups is 1. The summed E-state index contributed by atoms with van der Waals surface area (Å²) in [6.07, 6.45) is 8.94. The van der Waals surface area contributed by atoms with Gasteiger partial charge in [0.15, 0.2) is 9.84 Å². The second-order valence-electron chi connectivity index (χ2n) is 10.5. The first-order chi connectivity index (χ1) is 17.0. The molecule has 1 N–H and O–H groups in total. The minimum absolute atomic E-state index is 0.118. The molecule has 1 fully saturated rings. The van der Waals surface area contributed by atoms with Crippen molar-refractivity contribution in [1.82, 2.24) is 0 Å². The smallest absolute Gasteiger partial charge is 0.258 e. The fourth-order valence-corrected chi connectivity index (χ4v) is 5.95. The van der Waals surface area contributed by atoms with E-state index in [-0.39, 0.29) is 29.9 Å². The van der Waals surface area contributed by atoms with E-state index in [1.165, 1.54) is 0 Å². The molecule has 0 aliphatic heterocycles. The van der Waals surface area contributed by atoms with Crippen molar-refractivity contribution >= 4 is 33.0 Å². The molecular weight excluding hydrogens is 472 g/mol. The van der Waals surface area contributed by atoms with Crippen molar-refractivity contribution < 1.29 is 18.0 Å². The fourth-order valence-electron chi connectivity index (χ4n) is 4.23. The van der Waals surface area contributed by atoms with Crippen LogP contribution in [0.2, 0.25) is 0 Å². The number of nitrogens with zero attached hydrogens (tertiary/aromatic N) is 1. The molecule has 2 amide bonds. The van der Waals surface area contributed by atoms with Gasteiger partial charge in [-0.1, -0.05) is 30.4 Å². The highest BCUT2D eigenvalue weighted by Crippen LogP contribution is 2.33. The van der Waals surface area contributed by atoms with Gasteiger partial charge in [-0.25, -0.2) is 8.42 Å². The van der Waals surface area contributed by atoms with Gasteiger partial charge in [-0.2, -0.15) is 0 Å². The molecule has 0 spiro atoms. The third kappa shape index (κ3) is 6.52. The first-order valence-corrected chi connectivity index (χ1v) is 13.9. The Morgan fingerprint density at radius 2 is 1.67 bits per heavy atom. The summed E-state index contributed by atoms with van der Waals surface area (Å²) in [5, 5.41) is 2.87. The minimum Gasteiger partial charge on any atom is -0.326 e. The van der Waals surface area contributed by atoms with E-state index < -0.39 is 15.4 Å². The monoisotopic (exact) mass is 505 g/mol. The zero-order valence-electron chi connectivity index (χ0n) is 21.0. The molecule has 2 aliphatic rings. The molecule has 0 heterocycles. The number of allylic oxidation sites excluding steroid dienone is 3. The molecule has 2 aromatic carbocycles. The lowest BCUT2D eigenvalue weighted by Gasteiger charge is -2.36. The summed E-state index contributed by atoms with van der Waals surface area (Å²) in [5.74, 6) is 0.0341. The summed E-state index contributed by atoms with van der Waals surface area (Å²) in [5.41, 5.74) is 1.53. The zero-order chi connectivity index (χ0) is 25.9. The number of amides is 2. The molecule has 2 aliphatic carbocycles. The number of para-hydroxylation sites is 1. The topological polar surface area (TPSA) is 83.6 Å². The summed E-state index contributed by atoms with van der Waals surface area (Å²) >= 11 is 0. The van der Waals surface area contributed by atoms with Crippen LogP contribution in [0.15, 0.2) is 77.7 Å². The van der Waals surface area contributed by atoms with Gasteiger partial charge in [0.1, 0.15) is 0 Å². The van der Waals surface area contributed by atoms with Gasteiger partial charge in [-0.3, -0.25) is 9.59 Å². The summed E-state index contributed by atoms with van der Waals surface area (Å²) in [6.45, 7) is 5.97. The number of hydrogen-bond donors (Lipinski definition) is 1. The highest BCUT2D eigenvalue weighted by Gasteiger charge is 2.31. The van der Waals surface area contributed by atoms with E-state index in [9.17, 15) is 18.0 Å². The summed E-state index contributed by atoms with van der Waals surface area (Å²) in [4.78, 5) is 28.0. The van der Waals surface area contributed by atoms with Crippen molar-refractivity contribution in [2.24, 2.45) is 11.8 Å². The molecule has 2 aromatic rings. The van der Waals surface area contributed by atoms with E-state index in [1.807, 2.05) is 51.1 Å². The van der Waals surface area contributed by atoms with Crippen molar-refractivity contribution in [3.8, 4) is 0 Å². The second-order valence-corrected chi connectivity index (χ2v) is 12.5. The highest BCUT2D eigenvalue weighted by atomic mass is 32.2. The van der Waals surface area contributed by atoms with Crippen LogP contribution in [0.5, 0.6) is 0 Å². The van der Waals surface area contributed by atoms with Gasteiger partial charge in [0.05, 0.1) is 10.7 Å². The molecule has 4 rings (SSSR count). The lowest BCUT2D eigenvalue weighted by molar-refractivity contribution is -0.116. The molecule has 189 valence electrons. The quantitative estimate of drug-likeness (QED) is 0.509. The fraction of sp³-hybridized carbons (Fsp3) is 0.345. The van der Waals surface area contributed by atoms with Crippen molar-refractivity contribution in [3.05, 3.63) is 89.7 Å². The zero-order valence-corrected chi connectivity index (χ0v) is 21.8. The average molecular weight is 506 g/mol. The molecule has 7 heteroatoms. The van der Waals surface area contributed by atoms with Crippen LogP contribution in [0.4, 0.5) is 11.4 Å². The molecule has 0 saturated heterocycles. The van der Waals surface area contributed by atoms with Crippen LogP contribution < -0.4 is 10.2 Å². The molecule has 1 saturated carbocycles. The number of carbonyl (C=O) groups excluding carboxylic acids is 2. The normalized spacial score (nSPS) is 17.9. The van der Waals surface area contributed by atoms with E-state index in [1.54, 1.807) is 53.8 Å². The molecule has 1 radical (unpaired) electrons.